The Kier molecular flexibility index (Phi) is 5.87. The van der Waals surface area contributed by atoms with Gasteiger partial charge in [-0.05, 0) is 17.7 Å². The van der Waals surface area contributed by atoms with Crippen molar-refractivity contribution >= 4 is 17.4 Å². The zero-order chi connectivity index (χ0) is 19.2. The van der Waals surface area contributed by atoms with Gasteiger partial charge in [0.15, 0.2) is 11.0 Å². The first-order valence-electron chi connectivity index (χ1n) is 8.17. The number of rotatable bonds is 8. The molecule has 0 bridgehead atoms. The van der Waals surface area contributed by atoms with Crippen LogP contribution in [0.4, 0.5) is 5.69 Å². The summed E-state index contributed by atoms with van der Waals surface area (Å²) in [5, 5.41) is 20.2. The van der Waals surface area contributed by atoms with E-state index in [4.69, 9.17) is 4.74 Å². The molecule has 8 heteroatoms. The monoisotopic (exact) mass is 382 g/mol. The zero-order valence-electron chi connectivity index (χ0n) is 14.7. The number of non-ortho nitro benzene ring substituents is 1. The number of nitro groups is 1. The van der Waals surface area contributed by atoms with E-state index in [0.29, 0.717) is 18.1 Å². The van der Waals surface area contributed by atoms with Crippen LogP contribution in [0, 0.1) is 10.1 Å². The predicted octanol–water partition coefficient (Wildman–Crippen LogP) is 4.34. The molecule has 0 radical (unpaired) electrons. The van der Waals surface area contributed by atoms with Crippen molar-refractivity contribution in [1.82, 2.24) is 14.8 Å². The molecule has 0 aliphatic heterocycles. The van der Waals surface area contributed by atoms with Crippen LogP contribution in [0.5, 0.6) is 5.75 Å². The molecule has 1 heterocycles. The van der Waals surface area contributed by atoms with Crippen LogP contribution in [0.3, 0.4) is 0 Å². The Bertz CT molecular complexity index is 954. The molecule has 7 nitrogen and oxygen atoms in total. The summed E-state index contributed by atoms with van der Waals surface area (Å²) in [5.74, 6) is 2.06. The van der Waals surface area contributed by atoms with E-state index in [-0.39, 0.29) is 5.69 Å². The van der Waals surface area contributed by atoms with Crippen molar-refractivity contribution < 1.29 is 9.66 Å². The lowest BCUT2D eigenvalue weighted by Gasteiger charge is -2.10. The van der Waals surface area contributed by atoms with Crippen LogP contribution in [0.25, 0.3) is 11.4 Å². The highest BCUT2D eigenvalue weighted by atomic mass is 32.2. The lowest BCUT2D eigenvalue weighted by atomic mass is 10.2. The van der Waals surface area contributed by atoms with E-state index < -0.39 is 4.92 Å². The van der Waals surface area contributed by atoms with E-state index >= 15 is 0 Å². The second kappa shape index (κ2) is 8.50. The lowest BCUT2D eigenvalue weighted by molar-refractivity contribution is -0.384. The van der Waals surface area contributed by atoms with Gasteiger partial charge in [0.25, 0.3) is 5.69 Å². The van der Waals surface area contributed by atoms with Gasteiger partial charge >= 0.3 is 0 Å². The van der Waals surface area contributed by atoms with Gasteiger partial charge in [-0.3, -0.25) is 14.7 Å². The lowest BCUT2D eigenvalue weighted by Crippen LogP contribution is -2.01. The van der Waals surface area contributed by atoms with Gasteiger partial charge in [0, 0.05) is 24.4 Å². The molecule has 1 aromatic heterocycles. The predicted molar refractivity (Wildman–Crippen MR) is 105 cm³/mol. The first kappa shape index (κ1) is 18.7. The topological polar surface area (TPSA) is 83.1 Å². The second-order valence-electron chi connectivity index (χ2n) is 5.62. The van der Waals surface area contributed by atoms with Crippen LogP contribution in [-0.2, 0) is 12.3 Å². The van der Waals surface area contributed by atoms with Crippen molar-refractivity contribution in [2.75, 3.05) is 7.11 Å². The zero-order valence-corrected chi connectivity index (χ0v) is 15.6. The van der Waals surface area contributed by atoms with Gasteiger partial charge in [0.2, 0.25) is 0 Å². The van der Waals surface area contributed by atoms with E-state index in [1.165, 1.54) is 23.9 Å². The number of nitrogens with zero attached hydrogens (tertiary/aromatic N) is 4. The minimum atomic E-state index is -0.406. The van der Waals surface area contributed by atoms with Gasteiger partial charge in [0.05, 0.1) is 17.6 Å². The highest BCUT2D eigenvalue weighted by Crippen LogP contribution is 2.31. The highest BCUT2D eigenvalue weighted by molar-refractivity contribution is 7.98. The summed E-state index contributed by atoms with van der Waals surface area (Å²) in [6, 6.07) is 14.2. The molecule has 0 aliphatic rings. The van der Waals surface area contributed by atoms with E-state index in [2.05, 4.69) is 16.8 Å². The van der Waals surface area contributed by atoms with Gasteiger partial charge in [-0.25, -0.2) is 0 Å². The fraction of sp³-hybridized carbons (Fsp3) is 0.158. The molecule has 27 heavy (non-hydrogen) atoms. The summed E-state index contributed by atoms with van der Waals surface area (Å²) in [5.41, 5.74) is 1.91. The minimum Gasteiger partial charge on any atom is -0.496 e. The summed E-state index contributed by atoms with van der Waals surface area (Å²) < 4.78 is 7.41. The van der Waals surface area contributed by atoms with Gasteiger partial charge in [-0.1, -0.05) is 42.1 Å². The summed E-state index contributed by atoms with van der Waals surface area (Å²) >= 11 is 1.51. The molecule has 0 spiro atoms. The molecule has 0 fully saturated rings. The summed E-state index contributed by atoms with van der Waals surface area (Å²) in [6.07, 6.45) is 1.79. The van der Waals surface area contributed by atoms with E-state index in [1.807, 2.05) is 28.8 Å². The molecule has 3 rings (SSSR count). The van der Waals surface area contributed by atoms with E-state index in [9.17, 15) is 10.1 Å². The van der Waals surface area contributed by atoms with Gasteiger partial charge in [-0.15, -0.1) is 16.8 Å². The van der Waals surface area contributed by atoms with Crippen molar-refractivity contribution in [2.24, 2.45) is 0 Å². The molecule has 0 N–H and O–H groups in total. The maximum absolute atomic E-state index is 10.8. The number of nitro benzene ring substituents is 1. The fourth-order valence-corrected chi connectivity index (χ4v) is 3.48. The van der Waals surface area contributed by atoms with Crippen molar-refractivity contribution in [3.8, 4) is 17.1 Å². The number of allylic oxidation sites excluding steroid dienone is 1. The Hall–Kier alpha value is -3.13. The van der Waals surface area contributed by atoms with Crippen LogP contribution in [0.15, 0.2) is 66.3 Å². The van der Waals surface area contributed by atoms with Crippen LogP contribution in [-0.4, -0.2) is 26.8 Å². The Labute approximate surface area is 160 Å². The second-order valence-corrected chi connectivity index (χ2v) is 6.56. The number of methoxy groups -OCH3 is 1. The summed E-state index contributed by atoms with van der Waals surface area (Å²) in [7, 11) is 1.62. The van der Waals surface area contributed by atoms with Crippen LogP contribution in [0.2, 0.25) is 0 Å². The average Bonchev–Trinajstić information content (AvgIpc) is 3.09. The molecule has 3 aromatic rings. The van der Waals surface area contributed by atoms with Gasteiger partial charge in [0.1, 0.15) is 5.75 Å². The largest absolute Gasteiger partial charge is 0.496 e. The molecule has 2 aromatic carbocycles. The molecular formula is C19H18N4O3S. The van der Waals surface area contributed by atoms with Crippen molar-refractivity contribution in [3.05, 3.63) is 76.9 Å². The maximum atomic E-state index is 10.8. The Morgan fingerprint density at radius 1 is 1.22 bits per heavy atom. The molecule has 0 unspecified atom stereocenters. The van der Waals surface area contributed by atoms with Crippen LogP contribution >= 0.6 is 11.8 Å². The molecule has 0 saturated carbocycles. The smallest absolute Gasteiger partial charge is 0.269 e. The standard InChI is InChI=1S/C19H18N4O3S/c1-3-12-22-18(16-6-4-5-7-17(16)26-2)20-21-19(22)27-13-14-8-10-15(11-9-14)23(24)25/h3-11H,1,12-13H2,2H3. The summed E-state index contributed by atoms with van der Waals surface area (Å²) in [6.45, 7) is 4.38. The fourth-order valence-electron chi connectivity index (χ4n) is 2.58. The molecule has 0 saturated heterocycles. The molecule has 138 valence electrons. The number of hydrogen-bond acceptors (Lipinski definition) is 6. The quantitative estimate of drug-likeness (QED) is 0.249. The molecular weight excluding hydrogens is 364 g/mol. The Balaban J connectivity index is 1.85. The number of aromatic nitrogens is 3. The normalized spacial score (nSPS) is 10.6. The number of benzene rings is 2. The third-order valence-electron chi connectivity index (χ3n) is 3.89. The van der Waals surface area contributed by atoms with Gasteiger partial charge < -0.3 is 4.74 Å². The maximum Gasteiger partial charge on any atom is 0.269 e. The highest BCUT2D eigenvalue weighted by Gasteiger charge is 2.17. The SMILES string of the molecule is C=CCn1c(SCc2ccc([N+](=O)[O-])cc2)nnc1-c1ccccc1OC. The van der Waals surface area contributed by atoms with Gasteiger partial charge in [-0.2, -0.15) is 0 Å². The first-order valence-corrected chi connectivity index (χ1v) is 9.16. The minimum absolute atomic E-state index is 0.0806. The average molecular weight is 382 g/mol. The number of thioether (sulfide) groups is 1. The number of ether oxygens (including phenoxy) is 1. The first-order chi connectivity index (χ1) is 13.1. The number of hydrogen-bond donors (Lipinski definition) is 0. The number of para-hydroxylation sites is 1. The van der Waals surface area contributed by atoms with Crippen molar-refractivity contribution in [3.63, 3.8) is 0 Å². The summed E-state index contributed by atoms with van der Waals surface area (Å²) in [4.78, 5) is 10.4. The third kappa shape index (κ3) is 4.17. The third-order valence-corrected chi connectivity index (χ3v) is 4.93. The Morgan fingerprint density at radius 2 is 1.96 bits per heavy atom. The van der Waals surface area contributed by atoms with Crippen LogP contribution in [0.1, 0.15) is 5.56 Å². The van der Waals surface area contributed by atoms with Crippen molar-refractivity contribution in [1.29, 1.82) is 0 Å². The molecule has 0 atom stereocenters. The Morgan fingerprint density at radius 3 is 2.63 bits per heavy atom. The van der Waals surface area contributed by atoms with E-state index in [1.54, 1.807) is 25.3 Å². The molecule has 0 amide bonds. The van der Waals surface area contributed by atoms with Crippen LogP contribution < -0.4 is 4.74 Å². The molecule has 0 aliphatic carbocycles. The van der Waals surface area contributed by atoms with Crippen molar-refractivity contribution in [2.45, 2.75) is 17.5 Å². The van der Waals surface area contributed by atoms with E-state index in [0.717, 1.165) is 22.0 Å².